The van der Waals surface area contributed by atoms with Crippen molar-refractivity contribution in [3.63, 3.8) is 0 Å². The Balaban J connectivity index is 2.09. The van der Waals surface area contributed by atoms with Gasteiger partial charge in [0.15, 0.2) is 0 Å². The Morgan fingerprint density at radius 1 is 1.83 bits per heavy atom. The van der Waals surface area contributed by atoms with Crippen molar-refractivity contribution in [3.05, 3.63) is 0 Å². The van der Waals surface area contributed by atoms with E-state index in [1.54, 1.807) is 5.54 Å². The Hall–Kier alpha value is -0.110. The maximum atomic E-state index is 11.2. The molecule has 0 aromatic carbocycles. The Morgan fingerprint density at radius 3 is 2.33 bits per heavy atom. The van der Waals surface area contributed by atoms with Crippen LogP contribution in [0.2, 0.25) is 0 Å². The first-order valence-electron chi connectivity index (χ1n) is 2.20. The van der Waals surface area contributed by atoms with Crippen LogP contribution >= 0.6 is 0 Å². The van der Waals surface area contributed by atoms with E-state index in [4.69, 9.17) is 0 Å². The molecule has 0 amide bonds. The monoisotopic (exact) mass is 89.1 g/mol. The molecule has 2 atom stereocenters. The SMILES string of the molecule is CC1CC1NF. The van der Waals surface area contributed by atoms with Crippen LogP contribution in [0.1, 0.15) is 13.3 Å². The molecule has 36 valence electrons. The molecule has 1 saturated carbocycles. The first-order chi connectivity index (χ1) is 2.84. The summed E-state index contributed by atoms with van der Waals surface area (Å²) in [4.78, 5) is 0. The van der Waals surface area contributed by atoms with Gasteiger partial charge >= 0.3 is 0 Å². The molecule has 1 N–H and O–H groups in total. The lowest BCUT2D eigenvalue weighted by molar-refractivity contribution is 0.320. The highest BCUT2D eigenvalue weighted by atomic mass is 19.2. The van der Waals surface area contributed by atoms with E-state index in [0.29, 0.717) is 5.92 Å². The first-order valence-corrected chi connectivity index (χ1v) is 2.20. The van der Waals surface area contributed by atoms with Crippen LogP contribution in [-0.2, 0) is 0 Å². The van der Waals surface area contributed by atoms with Crippen molar-refractivity contribution >= 4 is 0 Å². The summed E-state index contributed by atoms with van der Waals surface area (Å²) in [6.07, 6.45) is 1.01. The van der Waals surface area contributed by atoms with Crippen molar-refractivity contribution in [2.75, 3.05) is 0 Å². The van der Waals surface area contributed by atoms with Crippen molar-refractivity contribution in [2.24, 2.45) is 5.92 Å². The van der Waals surface area contributed by atoms with Gasteiger partial charge in [0, 0.05) is 6.04 Å². The molecule has 0 aromatic heterocycles. The van der Waals surface area contributed by atoms with E-state index in [9.17, 15) is 4.48 Å². The topological polar surface area (TPSA) is 12.0 Å². The molecule has 1 aliphatic rings. The molecule has 1 nitrogen and oxygen atoms in total. The zero-order valence-electron chi connectivity index (χ0n) is 3.74. The highest BCUT2D eigenvalue weighted by molar-refractivity contribution is 4.86. The minimum absolute atomic E-state index is 0.185. The second-order valence-electron chi connectivity index (χ2n) is 1.93. The molecular weight excluding hydrogens is 81.0 g/mol. The Kier molecular flexibility index (Phi) is 0.804. The molecule has 0 bridgehead atoms. The van der Waals surface area contributed by atoms with Gasteiger partial charge < -0.3 is 0 Å². The largest absolute Gasteiger partial charge is 0.156 e. The molecule has 0 aliphatic heterocycles. The quantitative estimate of drug-likeness (QED) is 0.470. The summed E-state index contributed by atoms with van der Waals surface area (Å²) in [5.74, 6) is 0.579. The molecule has 1 aliphatic carbocycles. The van der Waals surface area contributed by atoms with Crippen LogP contribution in [0.25, 0.3) is 0 Å². The van der Waals surface area contributed by atoms with E-state index < -0.39 is 0 Å². The van der Waals surface area contributed by atoms with Crippen molar-refractivity contribution in [1.82, 2.24) is 5.54 Å². The molecule has 0 radical (unpaired) electrons. The molecule has 1 rings (SSSR count). The summed E-state index contributed by atoms with van der Waals surface area (Å²) < 4.78 is 11.2. The predicted octanol–water partition coefficient (Wildman–Crippen LogP) is 0.869. The zero-order valence-corrected chi connectivity index (χ0v) is 3.74. The van der Waals surface area contributed by atoms with Gasteiger partial charge in [-0.3, -0.25) is 0 Å². The Labute approximate surface area is 36.5 Å². The lowest BCUT2D eigenvalue weighted by atomic mass is 10.5. The smallest absolute Gasteiger partial charge is 0.0401 e. The minimum Gasteiger partial charge on any atom is -0.156 e. The van der Waals surface area contributed by atoms with E-state index >= 15 is 0 Å². The fourth-order valence-electron chi connectivity index (χ4n) is 0.474. The van der Waals surface area contributed by atoms with Crippen LogP contribution in [0.5, 0.6) is 0 Å². The third kappa shape index (κ3) is 0.522. The average molecular weight is 89.1 g/mol. The predicted molar refractivity (Wildman–Crippen MR) is 21.8 cm³/mol. The van der Waals surface area contributed by atoms with Crippen molar-refractivity contribution in [2.45, 2.75) is 19.4 Å². The third-order valence-electron chi connectivity index (χ3n) is 1.25. The lowest BCUT2D eigenvalue weighted by Crippen LogP contribution is -2.03. The highest BCUT2D eigenvalue weighted by Crippen LogP contribution is 2.28. The van der Waals surface area contributed by atoms with Crippen molar-refractivity contribution < 1.29 is 4.48 Å². The molecule has 2 unspecified atom stereocenters. The van der Waals surface area contributed by atoms with Gasteiger partial charge in [-0.15, -0.1) is 4.48 Å². The first kappa shape index (κ1) is 4.06. The summed E-state index contributed by atoms with van der Waals surface area (Å²) in [5.41, 5.74) is 1.69. The van der Waals surface area contributed by atoms with Gasteiger partial charge in [0.05, 0.1) is 0 Å². The fraction of sp³-hybridized carbons (Fsp3) is 1.00. The molecule has 2 heteroatoms. The summed E-state index contributed by atoms with van der Waals surface area (Å²) in [5, 5.41) is 0. The van der Waals surface area contributed by atoms with E-state index in [-0.39, 0.29) is 6.04 Å². The van der Waals surface area contributed by atoms with E-state index in [1.165, 1.54) is 0 Å². The maximum absolute atomic E-state index is 11.2. The molecular formula is C4H8FN. The van der Waals surface area contributed by atoms with Crippen LogP contribution < -0.4 is 5.54 Å². The van der Waals surface area contributed by atoms with Crippen LogP contribution in [0, 0.1) is 5.92 Å². The van der Waals surface area contributed by atoms with Gasteiger partial charge in [0.2, 0.25) is 0 Å². The van der Waals surface area contributed by atoms with Gasteiger partial charge in [-0.2, -0.15) is 5.54 Å². The molecule has 6 heavy (non-hydrogen) atoms. The van der Waals surface area contributed by atoms with Gasteiger partial charge in [-0.1, -0.05) is 6.92 Å². The van der Waals surface area contributed by atoms with Gasteiger partial charge in [-0.05, 0) is 12.3 Å². The second-order valence-corrected chi connectivity index (χ2v) is 1.93. The van der Waals surface area contributed by atoms with Crippen LogP contribution in [0.3, 0.4) is 0 Å². The molecule has 1 fully saturated rings. The summed E-state index contributed by atoms with van der Waals surface area (Å²) in [7, 11) is 0. The van der Waals surface area contributed by atoms with Crippen molar-refractivity contribution in [1.29, 1.82) is 0 Å². The van der Waals surface area contributed by atoms with Gasteiger partial charge in [0.1, 0.15) is 0 Å². The number of rotatable bonds is 1. The minimum atomic E-state index is 0.185. The molecule has 0 spiro atoms. The normalized spacial score (nSPS) is 43.0. The molecule has 0 heterocycles. The maximum Gasteiger partial charge on any atom is 0.0401 e. The molecule has 0 aromatic rings. The van der Waals surface area contributed by atoms with Crippen LogP contribution in [0.4, 0.5) is 4.48 Å². The highest BCUT2D eigenvalue weighted by Gasteiger charge is 2.32. The third-order valence-corrected chi connectivity index (χ3v) is 1.25. The standard InChI is InChI=1S/C4H8FN/c1-3-2-4(3)6-5/h3-4,6H,2H2,1H3. The zero-order chi connectivity index (χ0) is 4.57. The number of halogens is 1. The Bertz CT molecular complexity index is 53.5. The summed E-state index contributed by atoms with van der Waals surface area (Å²) in [6.45, 7) is 2.03. The molecule has 0 saturated heterocycles. The lowest BCUT2D eigenvalue weighted by Gasteiger charge is -1.79. The van der Waals surface area contributed by atoms with E-state index in [0.717, 1.165) is 6.42 Å². The van der Waals surface area contributed by atoms with E-state index in [1.807, 2.05) is 6.92 Å². The average Bonchev–Trinajstić information content (AvgIpc) is 2.19. The van der Waals surface area contributed by atoms with E-state index in [2.05, 4.69) is 0 Å². The Morgan fingerprint density at radius 2 is 2.33 bits per heavy atom. The van der Waals surface area contributed by atoms with Crippen LogP contribution in [-0.4, -0.2) is 6.04 Å². The summed E-state index contributed by atoms with van der Waals surface area (Å²) >= 11 is 0. The second kappa shape index (κ2) is 1.19. The van der Waals surface area contributed by atoms with Gasteiger partial charge in [-0.25, -0.2) is 0 Å². The van der Waals surface area contributed by atoms with Crippen molar-refractivity contribution in [3.8, 4) is 0 Å². The van der Waals surface area contributed by atoms with Gasteiger partial charge in [0.25, 0.3) is 0 Å². The summed E-state index contributed by atoms with van der Waals surface area (Å²) in [6, 6.07) is 0.185. The number of nitrogens with one attached hydrogen (secondary N) is 1. The number of hydrogen-bond acceptors (Lipinski definition) is 1. The fourth-order valence-corrected chi connectivity index (χ4v) is 0.474. The number of hydrogen-bond donors (Lipinski definition) is 1. The van der Waals surface area contributed by atoms with Crippen LogP contribution in [0.15, 0.2) is 0 Å².